The van der Waals surface area contributed by atoms with Crippen LogP contribution in [0.5, 0.6) is 0 Å². The summed E-state index contributed by atoms with van der Waals surface area (Å²) in [6.45, 7) is 2.10. The number of nitrogens with two attached hydrogens (primary N) is 1. The van der Waals surface area contributed by atoms with E-state index >= 15 is 0 Å². The minimum absolute atomic E-state index is 0.0582. The van der Waals surface area contributed by atoms with E-state index in [1.54, 1.807) is 12.3 Å². The van der Waals surface area contributed by atoms with E-state index in [0.29, 0.717) is 24.0 Å². The highest BCUT2D eigenvalue weighted by atomic mass is 16.2. The van der Waals surface area contributed by atoms with Gasteiger partial charge < -0.3 is 19.8 Å². The van der Waals surface area contributed by atoms with Crippen LogP contribution in [-0.4, -0.2) is 31.5 Å². The minimum atomic E-state index is 0.0582. The van der Waals surface area contributed by atoms with Crippen molar-refractivity contribution in [3.8, 4) is 0 Å². The normalized spacial score (nSPS) is 18.1. The summed E-state index contributed by atoms with van der Waals surface area (Å²) in [7, 11) is 0. The van der Waals surface area contributed by atoms with Crippen molar-refractivity contribution in [1.82, 2.24) is 19.0 Å². The van der Waals surface area contributed by atoms with E-state index in [-0.39, 0.29) is 5.91 Å². The molecule has 1 aliphatic heterocycles. The van der Waals surface area contributed by atoms with Crippen molar-refractivity contribution in [1.29, 1.82) is 0 Å². The van der Waals surface area contributed by atoms with Gasteiger partial charge in [0.15, 0.2) is 0 Å². The Balaban J connectivity index is 1.62. The molecule has 1 aliphatic carbocycles. The van der Waals surface area contributed by atoms with Crippen LogP contribution in [0.1, 0.15) is 35.2 Å². The van der Waals surface area contributed by atoms with Crippen LogP contribution >= 0.6 is 0 Å². The number of hydrogen-bond donors (Lipinski definition) is 1. The van der Waals surface area contributed by atoms with Gasteiger partial charge in [-0.05, 0) is 18.9 Å². The van der Waals surface area contributed by atoms with Gasteiger partial charge in [-0.15, -0.1) is 0 Å². The van der Waals surface area contributed by atoms with Crippen LogP contribution in [-0.2, 0) is 13.1 Å². The van der Waals surface area contributed by atoms with Crippen molar-refractivity contribution < 1.29 is 4.79 Å². The molecular formula is C14H17N5O. The molecule has 6 heteroatoms. The van der Waals surface area contributed by atoms with E-state index in [4.69, 9.17) is 5.73 Å². The maximum Gasteiger partial charge on any atom is 0.271 e. The zero-order valence-corrected chi connectivity index (χ0v) is 11.2. The van der Waals surface area contributed by atoms with Crippen molar-refractivity contribution >= 4 is 11.6 Å². The van der Waals surface area contributed by atoms with Crippen molar-refractivity contribution in [3.05, 3.63) is 36.2 Å². The summed E-state index contributed by atoms with van der Waals surface area (Å²) in [5.74, 6) is 1.00. The van der Waals surface area contributed by atoms with E-state index in [1.807, 2.05) is 21.9 Å². The molecule has 1 fully saturated rings. The second kappa shape index (κ2) is 4.13. The average molecular weight is 271 g/mol. The lowest BCUT2D eigenvalue weighted by molar-refractivity contribution is 0.0696. The van der Waals surface area contributed by atoms with Crippen molar-refractivity contribution in [3.63, 3.8) is 0 Å². The number of carbonyl (C=O) groups excluding carboxylic acids is 1. The first-order valence-electron chi connectivity index (χ1n) is 6.99. The predicted octanol–water partition coefficient (Wildman–Crippen LogP) is 1.26. The molecule has 0 unspecified atom stereocenters. The SMILES string of the molecule is Nc1cc(C(=O)N2CCn3ccnc3C2)n(C2CC2)c1. The molecule has 3 heterocycles. The standard InChI is InChI=1S/C14H17N5O/c15-10-7-12(19(8-10)11-1-2-11)14(20)18-6-5-17-4-3-16-13(17)9-18/h3-4,7-8,11H,1-2,5-6,9,15H2. The lowest BCUT2D eigenvalue weighted by Crippen LogP contribution is -2.39. The third kappa shape index (κ3) is 1.79. The van der Waals surface area contributed by atoms with Crippen LogP contribution in [0, 0.1) is 0 Å². The van der Waals surface area contributed by atoms with Gasteiger partial charge in [0.25, 0.3) is 5.91 Å². The second-order valence-electron chi connectivity index (χ2n) is 5.56. The van der Waals surface area contributed by atoms with E-state index in [0.717, 1.165) is 31.8 Å². The van der Waals surface area contributed by atoms with Crippen LogP contribution in [0.3, 0.4) is 0 Å². The number of rotatable bonds is 2. The molecule has 1 saturated carbocycles. The van der Waals surface area contributed by atoms with Crippen LogP contribution < -0.4 is 5.73 Å². The number of nitrogens with zero attached hydrogens (tertiary/aromatic N) is 4. The van der Waals surface area contributed by atoms with Gasteiger partial charge in [-0.2, -0.15) is 0 Å². The van der Waals surface area contributed by atoms with Gasteiger partial charge in [-0.3, -0.25) is 4.79 Å². The lowest BCUT2D eigenvalue weighted by Gasteiger charge is -2.28. The summed E-state index contributed by atoms with van der Waals surface area (Å²) in [4.78, 5) is 18.9. The number of hydrogen-bond acceptors (Lipinski definition) is 3. The van der Waals surface area contributed by atoms with Crippen LogP contribution in [0.4, 0.5) is 5.69 Å². The number of amides is 1. The summed E-state index contributed by atoms with van der Waals surface area (Å²) in [6, 6.07) is 2.25. The fraction of sp³-hybridized carbons (Fsp3) is 0.429. The Labute approximate surface area is 116 Å². The lowest BCUT2D eigenvalue weighted by atomic mass is 10.3. The highest BCUT2D eigenvalue weighted by Gasteiger charge is 2.30. The Bertz CT molecular complexity index is 667. The number of fused-ring (bicyclic) bond motifs is 1. The number of carbonyl (C=O) groups is 1. The first-order chi connectivity index (χ1) is 9.72. The molecule has 0 saturated heterocycles. The van der Waals surface area contributed by atoms with Crippen molar-refractivity contribution in [2.75, 3.05) is 12.3 Å². The smallest absolute Gasteiger partial charge is 0.271 e. The van der Waals surface area contributed by atoms with E-state index < -0.39 is 0 Å². The Morgan fingerprint density at radius 3 is 3.00 bits per heavy atom. The fourth-order valence-electron chi connectivity index (χ4n) is 2.84. The van der Waals surface area contributed by atoms with Gasteiger partial charge in [0, 0.05) is 37.7 Å². The minimum Gasteiger partial charge on any atom is -0.397 e. The van der Waals surface area contributed by atoms with Crippen LogP contribution in [0.25, 0.3) is 0 Å². The maximum atomic E-state index is 12.7. The molecule has 0 atom stereocenters. The molecule has 2 aromatic rings. The second-order valence-corrected chi connectivity index (χ2v) is 5.56. The quantitative estimate of drug-likeness (QED) is 0.894. The Morgan fingerprint density at radius 2 is 2.20 bits per heavy atom. The molecule has 6 nitrogen and oxygen atoms in total. The zero-order chi connectivity index (χ0) is 13.7. The number of imidazole rings is 1. The van der Waals surface area contributed by atoms with E-state index in [1.165, 1.54) is 0 Å². The third-order valence-corrected chi connectivity index (χ3v) is 4.06. The molecule has 2 N–H and O–H groups in total. The first kappa shape index (κ1) is 11.6. The van der Waals surface area contributed by atoms with Gasteiger partial charge in [0.05, 0.1) is 12.2 Å². The van der Waals surface area contributed by atoms with E-state index in [9.17, 15) is 4.79 Å². The average Bonchev–Trinajstić information content (AvgIpc) is 3.06. The Hall–Kier alpha value is -2.24. The molecule has 0 bridgehead atoms. The van der Waals surface area contributed by atoms with Gasteiger partial charge in [0.2, 0.25) is 0 Å². The number of anilines is 1. The molecule has 4 rings (SSSR count). The monoisotopic (exact) mass is 271 g/mol. The first-order valence-corrected chi connectivity index (χ1v) is 6.99. The van der Waals surface area contributed by atoms with Crippen molar-refractivity contribution in [2.24, 2.45) is 0 Å². The molecule has 20 heavy (non-hydrogen) atoms. The summed E-state index contributed by atoms with van der Waals surface area (Å²) in [5.41, 5.74) is 7.24. The van der Waals surface area contributed by atoms with Crippen molar-refractivity contribution in [2.45, 2.75) is 32.0 Å². The van der Waals surface area contributed by atoms with Gasteiger partial charge in [-0.1, -0.05) is 0 Å². The number of nitrogen functional groups attached to an aromatic ring is 1. The van der Waals surface area contributed by atoms with Gasteiger partial charge in [-0.25, -0.2) is 4.98 Å². The summed E-state index contributed by atoms with van der Waals surface area (Å²) < 4.78 is 4.14. The Morgan fingerprint density at radius 1 is 1.35 bits per heavy atom. The molecular weight excluding hydrogens is 254 g/mol. The molecule has 0 spiro atoms. The summed E-state index contributed by atoms with van der Waals surface area (Å²) >= 11 is 0. The largest absolute Gasteiger partial charge is 0.397 e. The molecule has 2 aliphatic rings. The van der Waals surface area contributed by atoms with Gasteiger partial charge in [0.1, 0.15) is 11.5 Å². The molecule has 2 aromatic heterocycles. The summed E-state index contributed by atoms with van der Waals surface area (Å²) in [5, 5.41) is 0. The topological polar surface area (TPSA) is 69.1 Å². The highest BCUT2D eigenvalue weighted by molar-refractivity contribution is 5.94. The third-order valence-electron chi connectivity index (χ3n) is 4.06. The predicted molar refractivity (Wildman–Crippen MR) is 74.1 cm³/mol. The Kier molecular flexibility index (Phi) is 2.39. The molecule has 0 aromatic carbocycles. The maximum absolute atomic E-state index is 12.7. The molecule has 1 amide bonds. The molecule has 104 valence electrons. The highest BCUT2D eigenvalue weighted by Crippen LogP contribution is 2.37. The van der Waals surface area contributed by atoms with Crippen LogP contribution in [0.15, 0.2) is 24.7 Å². The van der Waals surface area contributed by atoms with Gasteiger partial charge >= 0.3 is 0 Å². The van der Waals surface area contributed by atoms with Crippen LogP contribution in [0.2, 0.25) is 0 Å². The zero-order valence-electron chi connectivity index (χ0n) is 11.2. The summed E-state index contributed by atoms with van der Waals surface area (Å²) in [6.07, 6.45) is 7.91. The fourth-order valence-corrected chi connectivity index (χ4v) is 2.84. The molecule has 0 radical (unpaired) electrons. The number of aromatic nitrogens is 3. The van der Waals surface area contributed by atoms with E-state index in [2.05, 4.69) is 9.55 Å².